The molecule has 0 aliphatic carbocycles. The van der Waals surface area contributed by atoms with Gasteiger partial charge in [0.15, 0.2) is 11.5 Å². The first-order chi connectivity index (χ1) is 16.4. The smallest absolute Gasteiger partial charge is 0.340 e. The first-order valence-electron chi connectivity index (χ1n) is 10.6. The van der Waals surface area contributed by atoms with Crippen LogP contribution in [0.1, 0.15) is 18.1 Å². The zero-order chi connectivity index (χ0) is 24.8. The number of carbonyl (C=O) groups excluding carboxylic acids is 2. The summed E-state index contributed by atoms with van der Waals surface area (Å²) in [6, 6.07) is 10.9. The van der Waals surface area contributed by atoms with E-state index in [1.165, 1.54) is 14.2 Å². The molecule has 0 radical (unpaired) electrons. The Hall–Kier alpha value is -3.94. The van der Waals surface area contributed by atoms with Gasteiger partial charge in [-0.05, 0) is 49.2 Å². The number of nitrogens with zero attached hydrogens (tertiary/aromatic N) is 1. The summed E-state index contributed by atoms with van der Waals surface area (Å²) in [6.45, 7) is 2.11. The van der Waals surface area contributed by atoms with Gasteiger partial charge in [-0.15, -0.1) is 0 Å². The molecule has 0 aromatic heterocycles. The SMILES string of the molecule is COC(=O)C1=C(C)N(CCc2ccc(OC)c(OC)c2)C(=O)/C1=C\c1ccc(OC)cc1OC. The van der Waals surface area contributed by atoms with Crippen molar-refractivity contribution in [3.8, 4) is 23.0 Å². The van der Waals surface area contributed by atoms with Gasteiger partial charge in [-0.3, -0.25) is 4.79 Å². The Bertz CT molecular complexity index is 1150. The molecule has 0 atom stereocenters. The Labute approximate surface area is 199 Å². The van der Waals surface area contributed by atoms with E-state index in [0.717, 1.165) is 5.56 Å². The van der Waals surface area contributed by atoms with Crippen LogP contribution in [0.15, 0.2) is 53.2 Å². The molecule has 0 N–H and O–H groups in total. The van der Waals surface area contributed by atoms with E-state index >= 15 is 0 Å². The molecule has 0 unspecified atom stereocenters. The average molecular weight is 468 g/mol. The molecular weight excluding hydrogens is 438 g/mol. The van der Waals surface area contributed by atoms with E-state index in [-0.39, 0.29) is 17.1 Å². The second-order valence-electron chi connectivity index (χ2n) is 7.51. The lowest BCUT2D eigenvalue weighted by Gasteiger charge is -2.18. The number of amides is 1. The van der Waals surface area contributed by atoms with Crippen LogP contribution in [0, 0.1) is 0 Å². The molecule has 1 aliphatic rings. The van der Waals surface area contributed by atoms with Crippen LogP contribution in [-0.4, -0.2) is 58.9 Å². The molecule has 8 heteroatoms. The lowest BCUT2D eigenvalue weighted by molar-refractivity contribution is -0.136. The molecule has 0 spiro atoms. The van der Waals surface area contributed by atoms with Gasteiger partial charge in [-0.2, -0.15) is 0 Å². The van der Waals surface area contributed by atoms with Crippen LogP contribution in [0.4, 0.5) is 0 Å². The highest BCUT2D eigenvalue weighted by Crippen LogP contribution is 2.35. The molecule has 0 saturated carbocycles. The fraction of sp³-hybridized carbons (Fsp3) is 0.308. The molecule has 180 valence electrons. The van der Waals surface area contributed by atoms with E-state index in [1.807, 2.05) is 18.2 Å². The van der Waals surface area contributed by atoms with Gasteiger partial charge in [-0.1, -0.05) is 6.07 Å². The molecule has 0 bridgehead atoms. The third-order valence-corrected chi connectivity index (χ3v) is 5.71. The van der Waals surface area contributed by atoms with Crippen molar-refractivity contribution in [3.63, 3.8) is 0 Å². The predicted octanol–water partition coefficient (Wildman–Crippen LogP) is 3.64. The minimum absolute atomic E-state index is 0.234. The van der Waals surface area contributed by atoms with Crippen molar-refractivity contribution in [2.45, 2.75) is 13.3 Å². The quantitative estimate of drug-likeness (QED) is 0.411. The van der Waals surface area contributed by atoms with Gasteiger partial charge in [0.2, 0.25) is 0 Å². The number of carbonyl (C=O) groups is 2. The molecule has 1 aliphatic heterocycles. The number of benzene rings is 2. The third kappa shape index (κ3) is 4.85. The minimum Gasteiger partial charge on any atom is -0.497 e. The maximum absolute atomic E-state index is 13.4. The lowest BCUT2D eigenvalue weighted by atomic mass is 10.0. The summed E-state index contributed by atoms with van der Waals surface area (Å²) in [6.07, 6.45) is 2.20. The molecule has 3 rings (SSSR count). The van der Waals surface area contributed by atoms with Crippen molar-refractivity contribution in [2.75, 3.05) is 42.1 Å². The van der Waals surface area contributed by atoms with Crippen LogP contribution in [0.3, 0.4) is 0 Å². The summed E-state index contributed by atoms with van der Waals surface area (Å²) in [5.41, 5.74) is 2.63. The number of hydrogen-bond donors (Lipinski definition) is 0. The van der Waals surface area contributed by atoms with Crippen LogP contribution >= 0.6 is 0 Å². The van der Waals surface area contributed by atoms with Crippen molar-refractivity contribution in [1.29, 1.82) is 0 Å². The second kappa shape index (κ2) is 10.8. The maximum Gasteiger partial charge on any atom is 0.340 e. The van der Waals surface area contributed by atoms with Crippen LogP contribution < -0.4 is 18.9 Å². The Morgan fingerprint density at radius 2 is 1.59 bits per heavy atom. The molecular formula is C26H29NO7. The van der Waals surface area contributed by atoms with Gasteiger partial charge < -0.3 is 28.6 Å². The highest BCUT2D eigenvalue weighted by atomic mass is 16.5. The standard InChI is InChI=1S/C26H29NO7/c1-16-24(26(29)34-6)20(14-18-8-9-19(30-2)15-22(18)32-4)25(28)27(16)12-11-17-7-10-21(31-3)23(13-17)33-5/h7-10,13-15H,11-12H2,1-6H3/b20-14-. The molecule has 2 aromatic carbocycles. The molecule has 8 nitrogen and oxygen atoms in total. The number of ether oxygens (including phenoxy) is 5. The minimum atomic E-state index is -0.571. The Morgan fingerprint density at radius 3 is 2.21 bits per heavy atom. The summed E-state index contributed by atoms with van der Waals surface area (Å²) >= 11 is 0. The number of methoxy groups -OCH3 is 5. The van der Waals surface area contributed by atoms with Crippen LogP contribution in [-0.2, 0) is 20.7 Å². The Balaban J connectivity index is 1.94. The van der Waals surface area contributed by atoms with Gasteiger partial charge in [0, 0.05) is 23.9 Å². The summed E-state index contributed by atoms with van der Waals surface area (Å²) < 4.78 is 26.3. The van der Waals surface area contributed by atoms with E-state index in [2.05, 4.69) is 0 Å². The highest BCUT2D eigenvalue weighted by Gasteiger charge is 2.37. The van der Waals surface area contributed by atoms with Crippen LogP contribution in [0.5, 0.6) is 23.0 Å². The zero-order valence-corrected chi connectivity index (χ0v) is 20.3. The Morgan fingerprint density at radius 1 is 0.882 bits per heavy atom. The average Bonchev–Trinajstić information content (AvgIpc) is 3.10. The maximum atomic E-state index is 13.4. The summed E-state index contributed by atoms with van der Waals surface area (Å²) in [4.78, 5) is 27.6. The molecule has 1 amide bonds. The molecule has 1 heterocycles. The van der Waals surface area contributed by atoms with Crippen molar-refractivity contribution >= 4 is 18.0 Å². The number of esters is 1. The van der Waals surface area contributed by atoms with Crippen molar-refractivity contribution in [2.24, 2.45) is 0 Å². The van der Waals surface area contributed by atoms with Gasteiger partial charge in [-0.25, -0.2) is 4.79 Å². The first-order valence-corrected chi connectivity index (χ1v) is 10.6. The summed E-state index contributed by atoms with van der Waals surface area (Å²) in [5.74, 6) is 1.53. The van der Waals surface area contributed by atoms with E-state index in [0.29, 0.717) is 47.2 Å². The number of allylic oxidation sites excluding steroid dienone is 1. The largest absolute Gasteiger partial charge is 0.497 e. The molecule has 2 aromatic rings. The van der Waals surface area contributed by atoms with Gasteiger partial charge >= 0.3 is 5.97 Å². The first kappa shape index (κ1) is 24.7. The topological polar surface area (TPSA) is 83.5 Å². The van der Waals surface area contributed by atoms with Crippen molar-refractivity contribution in [1.82, 2.24) is 4.90 Å². The Kier molecular flexibility index (Phi) is 7.83. The van der Waals surface area contributed by atoms with Gasteiger partial charge in [0.1, 0.15) is 11.5 Å². The van der Waals surface area contributed by atoms with E-state index in [4.69, 9.17) is 23.7 Å². The number of hydrogen-bond acceptors (Lipinski definition) is 7. The normalized spacial score (nSPS) is 14.5. The van der Waals surface area contributed by atoms with Crippen molar-refractivity contribution < 1.29 is 33.3 Å². The van der Waals surface area contributed by atoms with E-state index in [1.54, 1.807) is 57.4 Å². The zero-order valence-electron chi connectivity index (χ0n) is 20.3. The summed E-state index contributed by atoms with van der Waals surface area (Å²) in [7, 11) is 7.54. The second-order valence-corrected chi connectivity index (χ2v) is 7.51. The van der Waals surface area contributed by atoms with Gasteiger partial charge in [0.25, 0.3) is 5.91 Å². The van der Waals surface area contributed by atoms with Crippen LogP contribution in [0.25, 0.3) is 6.08 Å². The van der Waals surface area contributed by atoms with E-state index < -0.39 is 5.97 Å². The highest BCUT2D eigenvalue weighted by molar-refractivity contribution is 6.16. The molecule has 34 heavy (non-hydrogen) atoms. The van der Waals surface area contributed by atoms with E-state index in [9.17, 15) is 9.59 Å². The predicted molar refractivity (Wildman–Crippen MR) is 127 cm³/mol. The summed E-state index contributed by atoms with van der Waals surface area (Å²) in [5, 5.41) is 0. The fourth-order valence-electron chi connectivity index (χ4n) is 3.87. The lowest BCUT2D eigenvalue weighted by Crippen LogP contribution is -2.27. The molecule has 0 saturated heterocycles. The fourth-order valence-corrected chi connectivity index (χ4v) is 3.87. The monoisotopic (exact) mass is 467 g/mol. The van der Waals surface area contributed by atoms with Gasteiger partial charge in [0.05, 0.1) is 46.7 Å². The van der Waals surface area contributed by atoms with Crippen molar-refractivity contribution in [3.05, 3.63) is 64.4 Å². The molecule has 0 fully saturated rings. The van der Waals surface area contributed by atoms with Crippen LogP contribution in [0.2, 0.25) is 0 Å². The number of rotatable bonds is 9. The third-order valence-electron chi connectivity index (χ3n) is 5.71.